The van der Waals surface area contributed by atoms with Gasteiger partial charge in [-0.3, -0.25) is 0 Å². The van der Waals surface area contributed by atoms with E-state index in [0.717, 1.165) is 28.5 Å². The van der Waals surface area contributed by atoms with Crippen molar-refractivity contribution in [3.05, 3.63) is 101 Å². The summed E-state index contributed by atoms with van der Waals surface area (Å²) in [7, 11) is 0. The Bertz CT molecular complexity index is 1200. The Morgan fingerprint density at radius 1 is 0.727 bits per heavy atom. The number of unbranched alkanes of at least 4 members (excludes halogenated alkanes) is 1. The minimum atomic E-state index is -2.84. The number of fused-ring (bicyclic) bond motifs is 1. The first-order valence-electron chi connectivity index (χ1n) is 11.4. The lowest BCUT2D eigenvalue weighted by Crippen LogP contribution is -2.02. The van der Waals surface area contributed by atoms with Gasteiger partial charge in [-0.15, -0.1) is 0 Å². The van der Waals surface area contributed by atoms with Crippen molar-refractivity contribution < 1.29 is 17.9 Å². The molecular weight excluding hydrogens is 421 g/mol. The molecule has 4 aromatic rings. The van der Waals surface area contributed by atoms with E-state index in [1.54, 1.807) is 12.1 Å². The van der Waals surface area contributed by atoms with Crippen LogP contribution in [0.5, 0.6) is 5.75 Å². The van der Waals surface area contributed by atoms with Crippen LogP contribution >= 0.6 is 0 Å². The average Bonchev–Trinajstić information content (AvgIpc) is 2.83. The number of rotatable bonds is 9. The van der Waals surface area contributed by atoms with E-state index >= 15 is 4.39 Å². The fourth-order valence-electron chi connectivity index (χ4n) is 4.07. The quantitative estimate of drug-likeness (QED) is 0.250. The van der Waals surface area contributed by atoms with Crippen molar-refractivity contribution in [2.24, 2.45) is 0 Å². The van der Waals surface area contributed by atoms with E-state index in [9.17, 15) is 8.78 Å². The summed E-state index contributed by atoms with van der Waals surface area (Å²) in [6.07, 6.45) is 4.60. The lowest BCUT2D eigenvalue weighted by molar-refractivity contribution is -0.0498. The molecule has 4 heteroatoms. The Morgan fingerprint density at radius 3 is 2.09 bits per heavy atom. The molecule has 0 aliphatic carbocycles. The molecule has 0 aliphatic heterocycles. The molecular formula is C29H27F3O. The first-order valence-corrected chi connectivity index (χ1v) is 11.4. The standard InChI is InChI=1S/C29H27F3O/c1-2-3-4-20-5-10-22(11-6-20)24-15-18-27-25(19-24)14-13-23(28(27)30)12-7-21-8-16-26(17-9-21)33-29(31)32/h5-6,8-11,13-19,29H,2-4,7,12H2,1H3. The van der Waals surface area contributed by atoms with Crippen LogP contribution in [0.25, 0.3) is 21.9 Å². The normalized spacial score (nSPS) is 11.3. The molecule has 0 bridgehead atoms. The SMILES string of the molecule is CCCCc1ccc(-c2ccc3c(F)c(CCc4ccc(OC(F)F)cc4)ccc3c2)cc1. The van der Waals surface area contributed by atoms with Crippen LogP contribution in [0.15, 0.2) is 78.9 Å². The highest BCUT2D eigenvalue weighted by Gasteiger charge is 2.10. The van der Waals surface area contributed by atoms with Gasteiger partial charge in [0, 0.05) is 5.39 Å². The molecule has 0 atom stereocenters. The number of alkyl halides is 2. The van der Waals surface area contributed by atoms with Crippen LogP contribution in [-0.4, -0.2) is 6.61 Å². The van der Waals surface area contributed by atoms with E-state index in [-0.39, 0.29) is 11.6 Å². The zero-order valence-corrected chi connectivity index (χ0v) is 18.7. The van der Waals surface area contributed by atoms with Crippen LogP contribution in [-0.2, 0) is 19.3 Å². The van der Waals surface area contributed by atoms with Gasteiger partial charge in [-0.2, -0.15) is 8.78 Å². The summed E-state index contributed by atoms with van der Waals surface area (Å²) in [6, 6.07) is 24.8. The average molecular weight is 449 g/mol. The summed E-state index contributed by atoms with van der Waals surface area (Å²) < 4.78 is 44.1. The van der Waals surface area contributed by atoms with Crippen molar-refractivity contribution in [1.29, 1.82) is 0 Å². The second kappa shape index (κ2) is 10.6. The van der Waals surface area contributed by atoms with E-state index in [2.05, 4.69) is 35.9 Å². The maximum Gasteiger partial charge on any atom is 0.387 e. The molecule has 4 rings (SSSR count). The van der Waals surface area contributed by atoms with Gasteiger partial charge in [0.15, 0.2) is 0 Å². The minimum Gasteiger partial charge on any atom is -0.435 e. The van der Waals surface area contributed by atoms with Crippen molar-refractivity contribution >= 4 is 10.8 Å². The minimum absolute atomic E-state index is 0.122. The van der Waals surface area contributed by atoms with E-state index in [1.807, 2.05) is 30.3 Å². The molecule has 0 aromatic heterocycles. The van der Waals surface area contributed by atoms with Crippen LogP contribution in [0.3, 0.4) is 0 Å². The van der Waals surface area contributed by atoms with Crippen LogP contribution in [0.2, 0.25) is 0 Å². The molecule has 0 fully saturated rings. The molecule has 0 amide bonds. The molecule has 0 heterocycles. The number of hydrogen-bond donors (Lipinski definition) is 0. The fraction of sp³-hybridized carbons (Fsp3) is 0.241. The molecule has 0 unspecified atom stereocenters. The third-order valence-corrected chi connectivity index (χ3v) is 5.97. The first-order chi connectivity index (χ1) is 16.0. The van der Waals surface area contributed by atoms with Gasteiger partial charge in [0.2, 0.25) is 0 Å². The number of ether oxygens (including phenoxy) is 1. The highest BCUT2D eigenvalue weighted by atomic mass is 19.3. The predicted octanol–water partition coefficient (Wildman–Crippen LogP) is 8.38. The van der Waals surface area contributed by atoms with Gasteiger partial charge in [-0.1, -0.05) is 74.0 Å². The monoisotopic (exact) mass is 448 g/mol. The zero-order chi connectivity index (χ0) is 23.2. The Kier molecular flexibility index (Phi) is 7.33. The number of halogens is 3. The summed E-state index contributed by atoms with van der Waals surface area (Å²) in [5, 5.41) is 1.48. The lowest BCUT2D eigenvalue weighted by Gasteiger charge is -2.10. The Balaban J connectivity index is 1.47. The van der Waals surface area contributed by atoms with Gasteiger partial charge in [0.1, 0.15) is 11.6 Å². The topological polar surface area (TPSA) is 9.23 Å². The van der Waals surface area contributed by atoms with Crippen LogP contribution in [0, 0.1) is 5.82 Å². The number of benzene rings is 4. The molecule has 33 heavy (non-hydrogen) atoms. The molecule has 170 valence electrons. The van der Waals surface area contributed by atoms with Crippen molar-refractivity contribution in [3.63, 3.8) is 0 Å². The summed E-state index contributed by atoms with van der Waals surface area (Å²) >= 11 is 0. The fourth-order valence-corrected chi connectivity index (χ4v) is 4.07. The Labute approximate surface area is 192 Å². The Hall–Kier alpha value is -3.27. The van der Waals surface area contributed by atoms with Crippen LogP contribution < -0.4 is 4.74 Å². The summed E-state index contributed by atoms with van der Waals surface area (Å²) in [6.45, 7) is -0.646. The summed E-state index contributed by atoms with van der Waals surface area (Å²) in [4.78, 5) is 0. The molecule has 0 radical (unpaired) electrons. The number of aryl methyl sites for hydroxylation is 3. The van der Waals surface area contributed by atoms with E-state index in [4.69, 9.17) is 0 Å². The molecule has 0 aliphatic rings. The first kappa shape index (κ1) is 22.9. The second-order valence-corrected chi connectivity index (χ2v) is 8.30. The molecule has 4 aromatic carbocycles. The largest absolute Gasteiger partial charge is 0.435 e. The van der Waals surface area contributed by atoms with E-state index in [0.29, 0.717) is 23.8 Å². The van der Waals surface area contributed by atoms with Crippen LogP contribution in [0.1, 0.15) is 36.5 Å². The zero-order valence-electron chi connectivity index (χ0n) is 18.7. The van der Waals surface area contributed by atoms with Crippen LogP contribution in [0.4, 0.5) is 13.2 Å². The van der Waals surface area contributed by atoms with Gasteiger partial charge < -0.3 is 4.74 Å². The lowest BCUT2D eigenvalue weighted by atomic mass is 9.96. The second-order valence-electron chi connectivity index (χ2n) is 8.30. The molecule has 0 saturated carbocycles. The maximum atomic E-state index is 15.2. The van der Waals surface area contributed by atoms with Gasteiger partial charge in [-0.25, -0.2) is 4.39 Å². The third-order valence-electron chi connectivity index (χ3n) is 5.97. The molecule has 1 nitrogen and oxygen atoms in total. The van der Waals surface area contributed by atoms with Gasteiger partial charge in [-0.05, 0) is 77.1 Å². The van der Waals surface area contributed by atoms with E-state index < -0.39 is 6.61 Å². The summed E-state index contributed by atoms with van der Waals surface area (Å²) in [5.41, 5.74) is 5.12. The van der Waals surface area contributed by atoms with E-state index in [1.165, 1.54) is 30.5 Å². The van der Waals surface area contributed by atoms with Gasteiger partial charge in [0.05, 0.1) is 0 Å². The van der Waals surface area contributed by atoms with Crippen molar-refractivity contribution in [1.82, 2.24) is 0 Å². The van der Waals surface area contributed by atoms with Gasteiger partial charge in [0.25, 0.3) is 0 Å². The van der Waals surface area contributed by atoms with Gasteiger partial charge >= 0.3 is 6.61 Å². The highest BCUT2D eigenvalue weighted by molar-refractivity contribution is 5.88. The smallest absolute Gasteiger partial charge is 0.387 e. The molecule has 0 spiro atoms. The van der Waals surface area contributed by atoms with Crippen molar-refractivity contribution in [2.75, 3.05) is 0 Å². The molecule has 0 N–H and O–H groups in total. The highest BCUT2D eigenvalue weighted by Crippen LogP contribution is 2.28. The number of hydrogen-bond acceptors (Lipinski definition) is 1. The maximum absolute atomic E-state index is 15.2. The van der Waals surface area contributed by atoms with Crippen molar-refractivity contribution in [3.8, 4) is 16.9 Å². The van der Waals surface area contributed by atoms with Crippen molar-refractivity contribution in [2.45, 2.75) is 45.6 Å². The predicted molar refractivity (Wildman–Crippen MR) is 128 cm³/mol. The third kappa shape index (κ3) is 5.75. The molecule has 0 saturated heterocycles. The summed E-state index contributed by atoms with van der Waals surface area (Å²) in [5.74, 6) is -0.0799. The Morgan fingerprint density at radius 2 is 1.39 bits per heavy atom.